The molecule has 0 N–H and O–H groups in total. The zero-order chi connectivity index (χ0) is 10.1. The van der Waals surface area contributed by atoms with Crippen LogP contribution >= 0.6 is 0 Å². The Morgan fingerprint density at radius 1 is 0.923 bits per heavy atom. The number of hydrogen-bond acceptors (Lipinski definition) is 2. The first kappa shape index (κ1) is 12.1. The van der Waals surface area contributed by atoms with Crippen molar-refractivity contribution in [3.8, 4) is 0 Å². The fourth-order valence-electron chi connectivity index (χ4n) is 0.979. The van der Waals surface area contributed by atoms with Gasteiger partial charge in [0.15, 0.2) is 6.29 Å². The van der Waals surface area contributed by atoms with E-state index in [1.165, 1.54) is 0 Å². The molecule has 1 rings (SSSR count). The Balaban J connectivity index is 0.000000671. The minimum atomic E-state index is -0.240. The molecule has 0 amide bonds. The van der Waals surface area contributed by atoms with Gasteiger partial charge in [-0.3, -0.25) is 0 Å². The first-order valence-corrected chi connectivity index (χ1v) is 4.49. The van der Waals surface area contributed by atoms with Gasteiger partial charge < -0.3 is 9.47 Å². The van der Waals surface area contributed by atoms with Crippen molar-refractivity contribution in [3.63, 3.8) is 0 Å². The van der Waals surface area contributed by atoms with Crippen LogP contribution in [-0.2, 0) is 9.47 Å². The molecule has 2 nitrogen and oxygen atoms in total. The molecule has 0 bridgehead atoms. The molecule has 0 aliphatic rings. The lowest BCUT2D eigenvalue weighted by atomic mass is 10.2. The summed E-state index contributed by atoms with van der Waals surface area (Å²) in [5.74, 6) is 0. The highest BCUT2D eigenvalue weighted by molar-refractivity contribution is 5.15. The molecule has 0 fully saturated rings. The van der Waals surface area contributed by atoms with Crippen LogP contribution in [0.1, 0.15) is 25.7 Å². The maximum atomic E-state index is 5.06. The van der Waals surface area contributed by atoms with Crippen molar-refractivity contribution < 1.29 is 9.47 Å². The lowest BCUT2D eigenvalue weighted by Gasteiger charge is -2.12. The predicted molar refractivity (Wildman–Crippen MR) is 54.5 cm³/mol. The van der Waals surface area contributed by atoms with Crippen LogP contribution in [0.5, 0.6) is 0 Å². The van der Waals surface area contributed by atoms with E-state index in [9.17, 15) is 0 Å². The molecule has 0 aromatic heterocycles. The van der Waals surface area contributed by atoms with Gasteiger partial charge in [0.1, 0.15) is 0 Å². The van der Waals surface area contributed by atoms with Crippen molar-refractivity contribution in [1.29, 1.82) is 0 Å². The molecule has 0 spiro atoms. The van der Waals surface area contributed by atoms with Crippen molar-refractivity contribution >= 4 is 0 Å². The Labute approximate surface area is 80.5 Å². The molecule has 0 aliphatic heterocycles. The van der Waals surface area contributed by atoms with E-state index < -0.39 is 0 Å². The molecule has 0 aliphatic carbocycles. The standard InChI is InChI=1S/C9H12O2.C2H6/c1-10-9(11-2)8-6-4-3-5-7-8;1-2/h3-7,9H,1-2H3;1-2H3. The molecule has 0 radical (unpaired) electrons. The minimum Gasteiger partial charge on any atom is -0.352 e. The summed E-state index contributed by atoms with van der Waals surface area (Å²) in [6, 6.07) is 9.82. The smallest absolute Gasteiger partial charge is 0.183 e. The summed E-state index contributed by atoms with van der Waals surface area (Å²) in [6.45, 7) is 4.00. The number of hydrogen-bond donors (Lipinski definition) is 0. The van der Waals surface area contributed by atoms with Crippen LogP contribution in [0.25, 0.3) is 0 Å². The van der Waals surface area contributed by atoms with Crippen LogP contribution in [-0.4, -0.2) is 14.2 Å². The van der Waals surface area contributed by atoms with Gasteiger partial charge in [-0.15, -0.1) is 0 Å². The molecule has 1 aromatic carbocycles. The normalized spacial score (nSPS) is 9.31. The van der Waals surface area contributed by atoms with Gasteiger partial charge in [-0.25, -0.2) is 0 Å². The van der Waals surface area contributed by atoms with E-state index in [1.54, 1.807) is 14.2 Å². The second-order valence-electron chi connectivity index (χ2n) is 2.21. The maximum absolute atomic E-state index is 5.06. The van der Waals surface area contributed by atoms with E-state index >= 15 is 0 Å². The van der Waals surface area contributed by atoms with Gasteiger partial charge in [-0.2, -0.15) is 0 Å². The Kier molecular flexibility index (Phi) is 7.26. The monoisotopic (exact) mass is 182 g/mol. The predicted octanol–water partition coefficient (Wildman–Crippen LogP) is 3.00. The van der Waals surface area contributed by atoms with E-state index in [-0.39, 0.29) is 6.29 Å². The second-order valence-corrected chi connectivity index (χ2v) is 2.21. The summed E-state index contributed by atoms with van der Waals surface area (Å²) in [7, 11) is 3.25. The fourth-order valence-corrected chi connectivity index (χ4v) is 0.979. The average molecular weight is 182 g/mol. The topological polar surface area (TPSA) is 18.5 Å². The largest absolute Gasteiger partial charge is 0.352 e. The van der Waals surface area contributed by atoms with Crippen molar-refractivity contribution in [2.75, 3.05) is 14.2 Å². The number of benzene rings is 1. The molecule has 0 saturated carbocycles. The highest BCUT2D eigenvalue weighted by Crippen LogP contribution is 2.15. The van der Waals surface area contributed by atoms with Crippen LogP contribution < -0.4 is 0 Å². The van der Waals surface area contributed by atoms with Crippen LogP contribution in [0.2, 0.25) is 0 Å². The van der Waals surface area contributed by atoms with Gasteiger partial charge in [0, 0.05) is 19.8 Å². The van der Waals surface area contributed by atoms with E-state index in [0.717, 1.165) is 5.56 Å². The van der Waals surface area contributed by atoms with Crippen molar-refractivity contribution in [1.82, 2.24) is 0 Å². The van der Waals surface area contributed by atoms with Crippen LogP contribution in [0.15, 0.2) is 30.3 Å². The molecule has 74 valence electrons. The minimum absolute atomic E-state index is 0.240. The summed E-state index contributed by atoms with van der Waals surface area (Å²) in [5.41, 5.74) is 1.04. The van der Waals surface area contributed by atoms with E-state index in [4.69, 9.17) is 9.47 Å². The molecular weight excluding hydrogens is 164 g/mol. The lowest BCUT2D eigenvalue weighted by molar-refractivity contribution is -0.106. The van der Waals surface area contributed by atoms with E-state index in [1.807, 2.05) is 44.2 Å². The molecular formula is C11H18O2. The highest BCUT2D eigenvalue weighted by atomic mass is 16.7. The van der Waals surface area contributed by atoms with Gasteiger partial charge >= 0.3 is 0 Å². The quantitative estimate of drug-likeness (QED) is 0.669. The van der Waals surface area contributed by atoms with E-state index in [0.29, 0.717) is 0 Å². The van der Waals surface area contributed by atoms with Crippen LogP contribution in [0, 0.1) is 0 Å². The zero-order valence-electron chi connectivity index (χ0n) is 8.78. The Morgan fingerprint density at radius 3 is 1.77 bits per heavy atom. The first-order valence-electron chi connectivity index (χ1n) is 4.49. The summed E-state index contributed by atoms with van der Waals surface area (Å²) >= 11 is 0. The first-order chi connectivity index (χ1) is 6.38. The highest BCUT2D eigenvalue weighted by Gasteiger charge is 2.05. The molecule has 13 heavy (non-hydrogen) atoms. The summed E-state index contributed by atoms with van der Waals surface area (Å²) in [5, 5.41) is 0. The summed E-state index contributed by atoms with van der Waals surface area (Å²) in [4.78, 5) is 0. The van der Waals surface area contributed by atoms with Crippen LogP contribution in [0.4, 0.5) is 0 Å². The average Bonchev–Trinajstić information content (AvgIpc) is 2.24. The summed E-state index contributed by atoms with van der Waals surface area (Å²) < 4.78 is 10.1. The molecule has 1 aromatic rings. The number of ether oxygens (including phenoxy) is 2. The van der Waals surface area contributed by atoms with Crippen molar-refractivity contribution in [3.05, 3.63) is 35.9 Å². The van der Waals surface area contributed by atoms with Gasteiger partial charge in [-0.05, 0) is 0 Å². The third-order valence-corrected chi connectivity index (χ3v) is 1.50. The molecule has 2 heteroatoms. The molecule has 0 unspecified atom stereocenters. The van der Waals surface area contributed by atoms with Crippen LogP contribution in [0.3, 0.4) is 0 Å². The Morgan fingerprint density at radius 2 is 1.38 bits per heavy atom. The number of rotatable bonds is 3. The fraction of sp³-hybridized carbons (Fsp3) is 0.455. The summed E-state index contributed by atoms with van der Waals surface area (Å²) in [6.07, 6.45) is -0.240. The third-order valence-electron chi connectivity index (χ3n) is 1.50. The third kappa shape index (κ3) is 4.06. The van der Waals surface area contributed by atoms with Gasteiger partial charge in [0.2, 0.25) is 0 Å². The zero-order valence-corrected chi connectivity index (χ0v) is 8.78. The maximum Gasteiger partial charge on any atom is 0.183 e. The Hall–Kier alpha value is -0.860. The lowest BCUT2D eigenvalue weighted by Crippen LogP contribution is -2.02. The SMILES string of the molecule is CC.COC(OC)c1ccccc1. The van der Waals surface area contributed by atoms with E-state index in [2.05, 4.69) is 0 Å². The molecule has 0 saturated heterocycles. The number of methoxy groups -OCH3 is 2. The van der Waals surface area contributed by atoms with Gasteiger partial charge in [-0.1, -0.05) is 44.2 Å². The van der Waals surface area contributed by atoms with Gasteiger partial charge in [0.25, 0.3) is 0 Å². The van der Waals surface area contributed by atoms with Gasteiger partial charge in [0.05, 0.1) is 0 Å². The van der Waals surface area contributed by atoms with Crippen molar-refractivity contribution in [2.24, 2.45) is 0 Å². The van der Waals surface area contributed by atoms with Crippen molar-refractivity contribution in [2.45, 2.75) is 20.1 Å². The second kappa shape index (κ2) is 7.77. The molecule has 0 heterocycles. The molecule has 0 atom stereocenters. The Bertz CT molecular complexity index is 193.